The van der Waals surface area contributed by atoms with Crippen LogP contribution in [-0.2, 0) is 17.9 Å². The second-order valence-electron chi connectivity index (χ2n) is 4.53. The molecule has 2 heterocycles. The van der Waals surface area contributed by atoms with Crippen LogP contribution >= 0.6 is 11.8 Å². The van der Waals surface area contributed by atoms with Gasteiger partial charge < -0.3 is 14.3 Å². The van der Waals surface area contributed by atoms with Crippen molar-refractivity contribution in [3.63, 3.8) is 0 Å². The Hall–Kier alpha value is -2.55. The number of amides is 3. The van der Waals surface area contributed by atoms with Gasteiger partial charge in [0.2, 0.25) is 5.91 Å². The van der Waals surface area contributed by atoms with Crippen LogP contribution in [0.4, 0.5) is 4.79 Å². The number of aryl methyl sites for hydroxylation is 1. The van der Waals surface area contributed by atoms with Gasteiger partial charge in [0, 0.05) is 6.54 Å². The van der Waals surface area contributed by atoms with Gasteiger partial charge in [-0.05, 0) is 19.1 Å². The van der Waals surface area contributed by atoms with Gasteiger partial charge in [0.25, 0.3) is 0 Å². The Balaban J connectivity index is 1.76. The number of imide groups is 1. The van der Waals surface area contributed by atoms with Crippen LogP contribution in [0.3, 0.4) is 0 Å². The number of thioether (sulfide) groups is 1. The average molecular weight is 335 g/mol. The molecular formula is C14H17N5O3S. The molecule has 0 unspecified atom stereocenters. The molecular weight excluding hydrogens is 318 g/mol. The fourth-order valence-corrected chi connectivity index (χ4v) is 2.52. The first-order valence-electron chi connectivity index (χ1n) is 6.83. The van der Waals surface area contributed by atoms with Gasteiger partial charge in [-0.2, -0.15) is 0 Å². The number of urea groups is 1. The van der Waals surface area contributed by atoms with Crippen LogP contribution in [0, 0.1) is 6.92 Å². The summed E-state index contributed by atoms with van der Waals surface area (Å²) in [5, 5.41) is 13.3. The number of carbonyl (C=O) groups excluding carboxylic acids is 2. The zero-order chi connectivity index (χ0) is 16.7. The normalized spacial score (nSPS) is 10.3. The number of aromatic nitrogens is 3. The molecule has 0 aliphatic rings. The van der Waals surface area contributed by atoms with E-state index in [2.05, 4.69) is 27.4 Å². The molecule has 0 aliphatic carbocycles. The summed E-state index contributed by atoms with van der Waals surface area (Å²) >= 11 is 1.20. The van der Waals surface area contributed by atoms with Crippen molar-refractivity contribution in [1.82, 2.24) is 25.4 Å². The van der Waals surface area contributed by atoms with Crippen molar-refractivity contribution in [1.29, 1.82) is 0 Å². The number of furan rings is 1. The quantitative estimate of drug-likeness (QED) is 0.587. The lowest BCUT2D eigenvalue weighted by Gasteiger charge is -2.06. The molecule has 0 aliphatic heterocycles. The largest absolute Gasteiger partial charge is 0.467 e. The Bertz CT molecular complexity index is 681. The molecule has 0 saturated heterocycles. The van der Waals surface area contributed by atoms with Crippen molar-refractivity contribution in [2.75, 3.05) is 5.75 Å². The van der Waals surface area contributed by atoms with Crippen LogP contribution in [0.5, 0.6) is 0 Å². The summed E-state index contributed by atoms with van der Waals surface area (Å²) in [6.45, 7) is 6.27. The summed E-state index contributed by atoms with van der Waals surface area (Å²) in [5.74, 6) is 0.987. The van der Waals surface area contributed by atoms with E-state index in [9.17, 15) is 9.59 Å². The van der Waals surface area contributed by atoms with E-state index in [0.29, 0.717) is 17.5 Å². The molecule has 0 aromatic carbocycles. The highest BCUT2D eigenvalue weighted by Gasteiger charge is 2.12. The van der Waals surface area contributed by atoms with Gasteiger partial charge in [-0.15, -0.1) is 16.8 Å². The third kappa shape index (κ3) is 4.99. The van der Waals surface area contributed by atoms with Crippen LogP contribution in [0.2, 0.25) is 0 Å². The van der Waals surface area contributed by atoms with Crippen molar-refractivity contribution < 1.29 is 14.0 Å². The van der Waals surface area contributed by atoms with Crippen LogP contribution < -0.4 is 10.6 Å². The highest BCUT2D eigenvalue weighted by Crippen LogP contribution is 2.16. The number of nitrogens with zero attached hydrogens (tertiary/aromatic N) is 3. The number of hydrogen-bond acceptors (Lipinski definition) is 6. The van der Waals surface area contributed by atoms with Gasteiger partial charge in [0.15, 0.2) is 5.16 Å². The van der Waals surface area contributed by atoms with Gasteiger partial charge in [0.05, 0.1) is 18.6 Å². The van der Waals surface area contributed by atoms with E-state index in [-0.39, 0.29) is 12.3 Å². The highest BCUT2D eigenvalue weighted by atomic mass is 32.2. The summed E-state index contributed by atoms with van der Waals surface area (Å²) in [5.41, 5.74) is 0. The Morgan fingerprint density at radius 2 is 2.30 bits per heavy atom. The number of carbonyl (C=O) groups is 2. The molecule has 122 valence electrons. The molecule has 0 radical (unpaired) electrons. The van der Waals surface area contributed by atoms with E-state index < -0.39 is 11.9 Å². The van der Waals surface area contributed by atoms with Crippen molar-refractivity contribution in [2.24, 2.45) is 0 Å². The number of rotatable bonds is 7. The lowest BCUT2D eigenvalue weighted by atomic mass is 10.4. The molecule has 3 amide bonds. The summed E-state index contributed by atoms with van der Waals surface area (Å²) in [6.07, 6.45) is 3.24. The summed E-state index contributed by atoms with van der Waals surface area (Å²) in [4.78, 5) is 23.4. The van der Waals surface area contributed by atoms with Crippen LogP contribution in [0.15, 0.2) is 40.6 Å². The molecule has 23 heavy (non-hydrogen) atoms. The number of nitrogens with one attached hydrogen (secondary N) is 2. The topological polar surface area (TPSA) is 102 Å². The second kappa shape index (κ2) is 8.18. The van der Waals surface area contributed by atoms with Crippen molar-refractivity contribution >= 4 is 23.7 Å². The predicted molar refractivity (Wildman–Crippen MR) is 84.8 cm³/mol. The molecule has 2 aromatic rings. The van der Waals surface area contributed by atoms with Crippen LogP contribution in [0.1, 0.15) is 11.6 Å². The molecule has 0 fully saturated rings. The fraction of sp³-hybridized carbons (Fsp3) is 0.286. The second-order valence-corrected chi connectivity index (χ2v) is 5.47. The molecule has 0 atom stereocenters. The molecule has 0 saturated carbocycles. The number of hydrogen-bond donors (Lipinski definition) is 2. The van der Waals surface area contributed by atoms with E-state index in [1.54, 1.807) is 18.2 Å². The Morgan fingerprint density at radius 3 is 3.00 bits per heavy atom. The lowest BCUT2D eigenvalue weighted by molar-refractivity contribution is -0.117. The maximum atomic E-state index is 11.8. The zero-order valence-electron chi connectivity index (χ0n) is 12.6. The van der Waals surface area contributed by atoms with Crippen molar-refractivity contribution in [3.05, 3.63) is 42.6 Å². The fourth-order valence-electron chi connectivity index (χ4n) is 1.73. The summed E-state index contributed by atoms with van der Waals surface area (Å²) < 4.78 is 6.91. The first kappa shape index (κ1) is 16.8. The molecule has 2 rings (SSSR count). The maximum Gasteiger partial charge on any atom is 0.321 e. The minimum atomic E-state index is -0.573. The first-order valence-corrected chi connectivity index (χ1v) is 7.82. The van der Waals surface area contributed by atoms with Gasteiger partial charge in [-0.3, -0.25) is 10.1 Å². The van der Waals surface area contributed by atoms with Gasteiger partial charge >= 0.3 is 6.03 Å². The Kier molecular flexibility index (Phi) is 5.98. The van der Waals surface area contributed by atoms with Gasteiger partial charge in [-0.1, -0.05) is 17.8 Å². The molecule has 8 nitrogen and oxygen atoms in total. The Labute approximate surface area is 137 Å². The highest BCUT2D eigenvalue weighted by molar-refractivity contribution is 7.99. The van der Waals surface area contributed by atoms with Crippen molar-refractivity contribution in [3.8, 4) is 0 Å². The zero-order valence-corrected chi connectivity index (χ0v) is 13.4. The van der Waals surface area contributed by atoms with E-state index in [1.165, 1.54) is 18.0 Å². The van der Waals surface area contributed by atoms with E-state index >= 15 is 0 Å². The predicted octanol–water partition coefficient (Wildman–Crippen LogP) is 1.48. The molecule has 0 spiro atoms. The number of allylic oxidation sites excluding steroid dienone is 1. The standard InChI is InChI=1S/C14H17N5O3S/c1-3-6-19-10(2)17-18-14(19)23-9-12(20)16-13(21)15-8-11-5-4-7-22-11/h3-5,7H,1,6,8-9H2,2H3,(H2,15,16,20,21). The minimum absolute atomic E-state index is 0.0590. The smallest absolute Gasteiger partial charge is 0.321 e. The first-order chi connectivity index (χ1) is 11.1. The summed E-state index contributed by atoms with van der Waals surface area (Å²) in [6, 6.07) is 2.88. The van der Waals surface area contributed by atoms with E-state index in [4.69, 9.17) is 4.42 Å². The Morgan fingerprint density at radius 1 is 1.48 bits per heavy atom. The summed E-state index contributed by atoms with van der Waals surface area (Å²) in [7, 11) is 0. The monoisotopic (exact) mass is 335 g/mol. The minimum Gasteiger partial charge on any atom is -0.467 e. The molecule has 2 aromatic heterocycles. The van der Waals surface area contributed by atoms with Crippen molar-refractivity contribution in [2.45, 2.75) is 25.2 Å². The van der Waals surface area contributed by atoms with Crippen LogP contribution in [0.25, 0.3) is 0 Å². The van der Waals surface area contributed by atoms with Gasteiger partial charge in [0.1, 0.15) is 11.6 Å². The molecule has 0 bridgehead atoms. The maximum absolute atomic E-state index is 11.8. The van der Waals surface area contributed by atoms with Gasteiger partial charge in [-0.25, -0.2) is 4.79 Å². The molecule has 2 N–H and O–H groups in total. The van der Waals surface area contributed by atoms with E-state index in [1.807, 2.05) is 11.5 Å². The third-order valence-corrected chi connectivity index (χ3v) is 3.77. The average Bonchev–Trinajstić information content (AvgIpc) is 3.15. The van der Waals surface area contributed by atoms with E-state index in [0.717, 1.165) is 5.82 Å². The van der Waals surface area contributed by atoms with Crippen LogP contribution in [-0.4, -0.2) is 32.5 Å². The third-order valence-electron chi connectivity index (χ3n) is 2.80. The molecule has 9 heteroatoms. The SMILES string of the molecule is C=CCn1c(C)nnc1SCC(=O)NC(=O)NCc1ccco1. The lowest BCUT2D eigenvalue weighted by Crippen LogP contribution is -2.39.